The average Bonchev–Trinajstić information content (AvgIpc) is 2.59. The van der Waals surface area contributed by atoms with Crippen LogP contribution in [0.3, 0.4) is 0 Å². The third-order valence-electron chi connectivity index (χ3n) is 3.51. The van der Waals surface area contributed by atoms with Crippen molar-refractivity contribution in [1.82, 2.24) is 5.32 Å². The highest BCUT2D eigenvalue weighted by Crippen LogP contribution is 2.27. The summed E-state index contributed by atoms with van der Waals surface area (Å²) in [5.41, 5.74) is 2.11. The molecule has 0 amide bonds. The lowest BCUT2D eigenvalue weighted by Crippen LogP contribution is -2.24. The van der Waals surface area contributed by atoms with Gasteiger partial charge in [0.05, 0.1) is 20.6 Å². The molecular weight excluding hydrogens is 278 g/mol. The molecule has 1 unspecified atom stereocenters. The fourth-order valence-corrected chi connectivity index (χ4v) is 2.33. The number of benzene rings is 2. The van der Waals surface area contributed by atoms with Gasteiger partial charge in [-0.2, -0.15) is 0 Å². The zero-order valence-corrected chi connectivity index (χ0v) is 12.9. The van der Waals surface area contributed by atoms with Crippen LogP contribution in [0, 0.1) is 0 Å². The molecule has 0 aliphatic heterocycles. The van der Waals surface area contributed by atoms with E-state index in [1.165, 1.54) is 7.11 Å². The summed E-state index contributed by atoms with van der Waals surface area (Å²) < 4.78 is 10.2. The van der Waals surface area contributed by atoms with Gasteiger partial charge in [-0.3, -0.25) is 4.79 Å². The Morgan fingerprint density at radius 2 is 1.73 bits per heavy atom. The monoisotopic (exact) mass is 299 g/mol. The second-order valence-electron chi connectivity index (χ2n) is 4.94. The lowest BCUT2D eigenvalue weighted by Gasteiger charge is -2.20. The van der Waals surface area contributed by atoms with Crippen LogP contribution in [0.1, 0.15) is 23.6 Å². The van der Waals surface area contributed by atoms with Gasteiger partial charge in [-0.05, 0) is 11.6 Å². The zero-order chi connectivity index (χ0) is 15.8. The summed E-state index contributed by atoms with van der Waals surface area (Å²) >= 11 is 0. The van der Waals surface area contributed by atoms with Crippen LogP contribution in [0.5, 0.6) is 5.75 Å². The van der Waals surface area contributed by atoms with Crippen LogP contribution >= 0.6 is 0 Å². The molecule has 2 rings (SSSR count). The zero-order valence-electron chi connectivity index (χ0n) is 12.9. The van der Waals surface area contributed by atoms with Gasteiger partial charge in [0.2, 0.25) is 0 Å². The van der Waals surface area contributed by atoms with Crippen LogP contribution in [0.15, 0.2) is 54.6 Å². The van der Waals surface area contributed by atoms with Crippen LogP contribution < -0.4 is 10.1 Å². The van der Waals surface area contributed by atoms with Gasteiger partial charge in [0.1, 0.15) is 5.75 Å². The fourth-order valence-electron chi connectivity index (χ4n) is 2.33. The number of esters is 1. The fraction of sp³-hybridized carbons (Fsp3) is 0.278. The molecule has 0 saturated heterocycles. The van der Waals surface area contributed by atoms with E-state index in [-0.39, 0.29) is 18.4 Å². The Morgan fingerprint density at radius 1 is 1.05 bits per heavy atom. The van der Waals surface area contributed by atoms with Crippen molar-refractivity contribution in [3.63, 3.8) is 0 Å². The maximum absolute atomic E-state index is 11.7. The van der Waals surface area contributed by atoms with Crippen LogP contribution in [0.25, 0.3) is 0 Å². The molecule has 116 valence electrons. The Bertz CT molecular complexity index is 598. The summed E-state index contributed by atoms with van der Waals surface area (Å²) in [6.07, 6.45) is 0.254. The quantitative estimate of drug-likeness (QED) is 0.798. The van der Waals surface area contributed by atoms with Crippen LogP contribution in [0.4, 0.5) is 0 Å². The third-order valence-corrected chi connectivity index (χ3v) is 3.51. The largest absolute Gasteiger partial charge is 0.496 e. The van der Waals surface area contributed by atoms with E-state index in [9.17, 15) is 4.79 Å². The SMILES string of the molecule is COC(=O)CC(NCc1ccccc1)c1ccccc1OC. The van der Waals surface area contributed by atoms with E-state index in [1.807, 2.05) is 54.6 Å². The van der Waals surface area contributed by atoms with E-state index >= 15 is 0 Å². The highest BCUT2D eigenvalue weighted by molar-refractivity contribution is 5.70. The summed E-state index contributed by atoms with van der Waals surface area (Å²) in [7, 11) is 3.03. The number of methoxy groups -OCH3 is 2. The number of carbonyl (C=O) groups excluding carboxylic acids is 1. The summed E-state index contributed by atoms with van der Waals surface area (Å²) in [5.74, 6) is 0.508. The molecule has 0 radical (unpaired) electrons. The first kappa shape index (κ1) is 16.0. The van der Waals surface area contributed by atoms with Gasteiger partial charge in [-0.15, -0.1) is 0 Å². The van der Waals surface area contributed by atoms with Gasteiger partial charge in [0.15, 0.2) is 0 Å². The normalized spacial score (nSPS) is 11.7. The summed E-state index contributed by atoms with van der Waals surface area (Å²) in [6.45, 7) is 0.667. The van der Waals surface area contributed by atoms with Crippen molar-refractivity contribution >= 4 is 5.97 Å². The molecule has 0 fully saturated rings. The topological polar surface area (TPSA) is 47.6 Å². The van der Waals surface area contributed by atoms with Gasteiger partial charge in [-0.1, -0.05) is 48.5 Å². The van der Waals surface area contributed by atoms with Gasteiger partial charge in [0, 0.05) is 18.2 Å². The van der Waals surface area contributed by atoms with E-state index in [0.29, 0.717) is 6.54 Å². The maximum Gasteiger partial charge on any atom is 0.307 e. The van der Waals surface area contributed by atoms with Gasteiger partial charge in [0.25, 0.3) is 0 Å². The minimum Gasteiger partial charge on any atom is -0.496 e. The van der Waals surface area contributed by atoms with Crippen molar-refractivity contribution in [2.24, 2.45) is 0 Å². The molecule has 0 spiro atoms. The molecule has 22 heavy (non-hydrogen) atoms. The van der Waals surface area contributed by atoms with Crippen molar-refractivity contribution in [2.45, 2.75) is 19.0 Å². The minimum atomic E-state index is -0.253. The predicted octanol–water partition coefficient (Wildman–Crippen LogP) is 3.09. The second-order valence-corrected chi connectivity index (χ2v) is 4.94. The van der Waals surface area contributed by atoms with E-state index in [1.54, 1.807) is 7.11 Å². The van der Waals surface area contributed by atoms with E-state index in [4.69, 9.17) is 9.47 Å². The number of hydrogen-bond donors (Lipinski definition) is 1. The Morgan fingerprint density at radius 3 is 2.41 bits per heavy atom. The summed E-state index contributed by atoms with van der Waals surface area (Å²) in [5, 5.41) is 3.41. The standard InChI is InChI=1S/C18H21NO3/c1-21-17-11-7-6-10-15(17)16(12-18(20)22-2)19-13-14-8-4-3-5-9-14/h3-11,16,19H,12-13H2,1-2H3. The average molecular weight is 299 g/mol. The molecule has 0 bridgehead atoms. The van der Waals surface area contributed by atoms with Gasteiger partial charge >= 0.3 is 5.97 Å². The molecular formula is C18H21NO3. The highest BCUT2D eigenvalue weighted by atomic mass is 16.5. The van der Waals surface area contributed by atoms with E-state index in [0.717, 1.165) is 16.9 Å². The molecule has 0 aliphatic carbocycles. The number of hydrogen-bond acceptors (Lipinski definition) is 4. The molecule has 1 N–H and O–H groups in total. The molecule has 0 heterocycles. The number of nitrogens with one attached hydrogen (secondary N) is 1. The van der Waals surface area contributed by atoms with Crippen molar-refractivity contribution in [1.29, 1.82) is 0 Å². The second kappa shape index (κ2) is 8.20. The molecule has 0 aromatic heterocycles. The minimum absolute atomic E-state index is 0.163. The molecule has 0 aliphatic rings. The predicted molar refractivity (Wildman–Crippen MR) is 85.6 cm³/mol. The summed E-state index contributed by atoms with van der Waals surface area (Å²) in [4.78, 5) is 11.7. The van der Waals surface area contributed by atoms with Crippen molar-refractivity contribution in [3.8, 4) is 5.75 Å². The molecule has 1 atom stereocenters. The first-order valence-electron chi connectivity index (χ1n) is 7.21. The molecule has 2 aromatic rings. The molecule has 2 aromatic carbocycles. The Labute approximate surface area is 131 Å². The van der Waals surface area contributed by atoms with Crippen LogP contribution in [0.2, 0.25) is 0 Å². The number of ether oxygens (including phenoxy) is 2. The highest BCUT2D eigenvalue weighted by Gasteiger charge is 2.19. The maximum atomic E-state index is 11.7. The van der Waals surface area contributed by atoms with Gasteiger partial charge in [-0.25, -0.2) is 0 Å². The van der Waals surface area contributed by atoms with E-state index < -0.39 is 0 Å². The Balaban J connectivity index is 2.17. The summed E-state index contributed by atoms with van der Waals surface area (Å²) in [6, 6.07) is 17.6. The number of para-hydroxylation sites is 1. The van der Waals surface area contributed by atoms with Crippen LogP contribution in [-0.2, 0) is 16.1 Å². The van der Waals surface area contributed by atoms with Crippen molar-refractivity contribution in [2.75, 3.05) is 14.2 Å². The molecule has 0 saturated carbocycles. The molecule has 4 heteroatoms. The van der Waals surface area contributed by atoms with E-state index in [2.05, 4.69) is 5.32 Å². The Kier molecular flexibility index (Phi) is 5.98. The Hall–Kier alpha value is -2.33. The third kappa shape index (κ3) is 4.33. The molecule has 4 nitrogen and oxygen atoms in total. The number of rotatable bonds is 7. The lowest BCUT2D eigenvalue weighted by molar-refractivity contribution is -0.141. The first-order chi connectivity index (χ1) is 10.7. The number of carbonyl (C=O) groups is 1. The lowest BCUT2D eigenvalue weighted by atomic mass is 10.0. The van der Waals surface area contributed by atoms with Crippen molar-refractivity contribution < 1.29 is 14.3 Å². The van der Waals surface area contributed by atoms with Crippen LogP contribution in [-0.4, -0.2) is 20.2 Å². The van der Waals surface area contributed by atoms with Crippen molar-refractivity contribution in [3.05, 3.63) is 65.7 Å². The smallest absolute Gasteiger partial charge is 0.307 e. The van der Waals surface area contributed by atoms with Gasteiger partial charge < -0.3 is 14.8 Å². The first-order valence-corrected chi connectivity index (χ1v) is 7.21.